The van der Waals surface area contributed by atoms with E-state index in [1.165, 1.54) is 6.92 Å². The smallest absolute Gasteiger partial charge is 0.308 e. The standard InChI is InChI=1S/C22H29NO5S/c1-5-29(25,26)28-21-8-6-7-19(13-21)16-23(15-17(2)3)22(24)14-18-9-11-20(27-4)12-10-18/h6-13,17H,5,14-16H2,1-4H3. The average molecular weight is 420 g/mol. The van der Waals surface area contributed by atoms with Crippen LogP contribution in [0, 0.1) is 5.92 Å². The predicted molar refractivity (Wildman–Crippen MR) is 113 cm³/mol. The van der Waals surface area contributed by atoms with E-state index in [-0.39, 0.29) is 23.8 Å². The second kappa shape index (κ2) is 10.3. The third-order valence-corrected chi connectivity index (χ3v) is 5.45. The number of ether oxygens (including phenoxy) is 1. The molecule has 0 aliphatic rings. The van der Waals surface area contributed by atoms with E-state index in [0.717, 1.165) is 16.9 Å². The quantitative estimate of drug-likeness (QED) is 0.550. The van der Waals surface area contributed by atoms with Gasteiger partial charge in [0.1, 0.15) is 11.5 Å². The van der Waals surface area contributed by atoms with Gasteiger partial charge in [-0.25, -0.2) is 0 Å². The summed E-state index contributed by atoms with van der Waals surface area (Å²) in [5, 5.41) is 0. The third kappa shape index (κ3) is 7.42. The van der Waals surface area contributed by atoms with Gasteiger partial charge in [-0.05, 0) is 48.2 Å². The summed E-state index contributed by atoms with van der Waals surface area (Å²) in [5.74, 6) is 1.22. The zero-order valence-electron chi connectivity index (χ0n) is 17.4. The molecule has 0 aromatic heterocycles. The number of amides is 1. The molecular weight excluding hydrogens is 390 g/mol. The van der Waals surface area contributed by atoms with Crippen LogP contribution in [0.5, 0.6) is 11.5 Å². The summed E-state index contributed by atoms with van der Waals surface area (Å²) in [6, 6.07) is 14.3. The Morgan fingerprint density at radius 1 is 1.03 bits per heavy atom. The maximum atomic E-state index is 12.9. The van der Waals surface area contributed by atoms with Crippen molar-refractivity contribution in [3.05, 3.63) is 59.7 Å². The molecule has 0 radical (unpaired) electrons. The van der Waals surface area contributed by atoms with Gasteiger partial charge in [0.15, 0.2) is 0 Å². The molecule has 2 rings (SSSR count). The first-order valence-electron chi connectivity index (χ1n) is 9.64. The monoisotopic (exact) mass is 419 g/mol. The van der Waals surface area contributed by atoms with Gasteiger partial charge in [-0.2, -0.15) is 8.42 Å². The van der Waals surface area contributed by atoms with E-state index < -0.39 is 10.1 Å². The Bertz CT molecular complexity index is 907. The Kier molecular flexibility index (Phi) is 8.08. The lowest BCUT2D eigenvalue weighted by Crippen LogP contribution is -2.34. The van der Waals surface area contributed by atoms with Crippen molar-refractivity contribution >= 4 is 16.0 Å². The van der Waals surface area contributed by atoms with E-state index in [4.69, 9.17) is 8.92 Å². The van der Waals surface area contributed by atoms with Gasteiger partial charge in [0, 0.05) is 13.1 Å². The van der Waals surface area contributed by atoms with E-state index in [1.54, 1.807) is 30.2 Å². The maximum absolute atomic E-state index is 12.9. The largest absolute Gasteiger partial charge is 0.497 e. The summed E-state index contributed by atoms with van der Waals surface area (Å²) in [4.78, 5) is 14.7. The molecule has 0 spiro atoms. The highest BCUT2D eigenvalue weighted by molar-refractivity contribution is 7.87. The molecule has 7 heteroatoms. The number of benzene rings is 2. The molecule has 2 aromatic rings. The molecule has 158 valence electrons. The minimum absolute atomic E-state index is 0.0105. The molecule has 2 aromatic carbocycles. The Morgan fingerprint density at radius 2 is 1.72 bits per heavy atom. The van der Waals surface area contributed by atoms with Crippen molar-refractivity contribution in [2.75, 3.05) is 19.4 Å². The molecule has 0 saturated carbocycles. The highest BCUT2D eigenvalue weighted by atomic mass is 32.2. The molecule has 1 amide bonds. The number of hydrogen-bond donors (Lipinski definition) is 0. The summed E-state index contributed by atoms with van der Waals surface area (Å²) in [6.07, 6.45) is 0.289. The van der Waals surface area contributed by atoms with Crippen LogP contribution >= 0.6 is 0 Å². The number of methoxy groups -OCH3 is 1. The Balaban J connectivity index is 2.14. The zero-order chi connectivity index (χ0) is 21.4. The van der Waals surface area contributed by atoms with Crippen molar-refractivity contribution < 1.29 is 22.1 Å². The van der Waals surface area contributed by atoms with Gasteiger partial charge in [-0.3, -0.25) is 4.79 Å². The molecule has 0 aliphatic carbocycles. The minimum Gasteiger partial charge on any atom is -0.497 e. The molecule has 0 aliphatic heterocycles. The molecule has 0 heterocycles. The molecule has 0 N–H and O–H groups in total. The van der Waals surface area contributed by atoms with E-state index in [2.05, 4.69) is 13.8 Å². The maximum Gasteiger partial charge on any atom is 0.308 e. The van der Waals surface area contributed by atoms with Crippen LogP contribution in [-0.4, -0.2) is 38.6 Å². The van der Waals surface area contributed by atoms with Crippen molar-refractivity contribution in [1.29, 1.82) is 0 Å². The van der Waals surface area contributed by atoms with Crippen molar-refractivity contribution in [2.45, 2.75) is 33.7 Å². The topological polar surface area (TPSA) is 72.9 Å². The highest BCUT2D eigenvalue weighted by Gasteiger charge is 2.17. The number of hydrogen-bond acceptors (Lipinski definition) is 5. The second-order valence-corrected chi connectivity index (χ2v) is 9.13. The van der Waals surface area contributed by atoms with E-state index >= 15 is 0 Å². The molecule has 0 atom stereocenters. The normalized spacial score (nSPS) is 11.3. The predicted octanol–water partition coefficient (Wildman–Crippen LogP) is 3.65. The molecular formula is C22H29NO5S. The van der Waals surface area contributed by atoms with Crippen LogP contribution in [0.1, 0.15) is 31.9 Å². The summed E-state index contributed by atoms with van der Waals surface area (Å²) >= 11 is 0. The molecule has 29 heavy (non-hydrogen) atoms. The van der Waals surface area contributed by atoms with E-state index in [9.17, 15) is 13.2 Å². The van der Waals surface area contributed by atoms with Crippen LogP contribution in [0.25, 0.3) is 0 Å². The summed E-state index contributed by atoms with van der Waals surface area (Å²) < 4.78 is 33.7. The first kappa shape index (κ1) is 22.7. The van der Waals surface area contributed by atoms with Crippen molar-refractivity contribution in [1.82, 2.24) is 4.90 Å². The lowest BCUT2D eigenvalue weighted by Gasteiger charge is -2.25. The van der Waals surface area contributed by atoms with Crippen LogP contribution in [-0.2, 0) is 27.9 Å². The van der Waals surface area contributed by atoms with Gasteiger partial charge in [0.25, 0.3) is 0 Å². The summed E-state index contributed by atoms with van der Waals surface area (Å²) in [7, 11) is -1.99. The van der Waals surface area contributed by atoms with Gasteiger partial charge in [0.2, 0.25) is 5.91 Å². The van der Waals surface area contributed by atoms with Gasteiger partial charge in [-0.1, -0.05) is 38.1 Å². The third-order valence-electron chi connectivity index (χ3n) is 4.30. The number of carbonyl (C=O) groups is 1. The Labute approximate surface area is 173 Å². The first-order valence-corrected chi connectivity index (χ1v) is 11.2. The number of rotatable bonds is 10. The molecule has 0 saturated heterocycles. The van der Waals surface area contributed by atoms with Gasteiger partial charge in [0.05, 0.1) is 19.3 Å². The van der Waals surface area contributed by atoms with Crippen LogP contribution < -0.4 is 8.92 Å². The summed E-state index contributed by atoms with van der Waals surface area (Å²) in [5.41, 5.74) is 1.73. The van der Waals surface area contributed by atoms with Crippen molar-refractivity contribution in [2.24, 2.45) is 5.92 Å². The van der Waals surface area contributed by atoms with Crippen LogP contribution in [0.2, 0.25) is 0 Å². The number of nitrogens with zero attached hydrogens (tertiary/aromatic N) is 1. The fourth-order valence-corrected chi connectivity index (χ4v) is 3.36. The van der Waals surface area contributed by atoms with E-state index in [1.807, 2.05) is 30.3 Å². The van der Waals surface area contributed by atoms with Crippen LogP contribution in [0.3, 0.4) is 0 Å². The van der Waals surface area contributed by atoms with Crippen LogP contribution in [0.4, 0.5) is 0 Å². The summed E-state index contributed by atoms with van der Waals surface area (Å²) in [6.45, 7) is 6.63. The van der Waals surface area contributed by atoms with Gasteiger partial charge < -0.3 is 13.8 Å². The van der Waals surface area contributed by atoms with Gasteiger partial charge in [-0.15, -0.1) is 0 Å². The van der Waals surface area contributed by atoms with E-state index in [0.29, 0.717) is 19.0 Å². The SMILES string of the molecule is CCS(=O)(=O)Oc1cccc(CN(CC(C)C)C(=O)Cc2ccc(OC)cc2)c1. The molecule has 0 fully saturated rings. The highest BCUT2D eigenvalue weighted by Crippen LogP contribution is 2.19. The number of carbonyl (C=O) groups excluding carboxylic acids is 1. The lowest BCUT2D eigenvalue weighted by molar-refractivity contribution is -0.131. The molecule has 0 unspecified atom stereocenters. The van der Waals surface area contributed by atoms with Crippen LogP contribution in [0.15, 0.2) is 48.5 Å². The fraction of sp³-hybridized carbons (Fsp3) is 0.409. The second-order valence-electron chi connectivity index (χ2n) is 7.27. The first-order chi connectivity index (χ1) is 13.7. The minimum atomic E-state index is -3.59. The average Bonchev–Trinajstić information content (AvgIpc) is 2.67. The Morgan fingerprint density at radius 3 is 2.31 bits per heavy atom. The van der Waals surface area contributed by atoms with Gasteiger partial charge >= 0.3 is 10.1 Å². The van der Waals surface area contributed by atoms with Crippen molar-refractivity contribution in [3.63, 3.8) is 0 Å². The lowest BCUT2D eigenvalue weighted by atomic mass is 10.1. The fourth-order valence-electron chi connectivity index (χ4n) is 2.85. The molecule has 0 bridgehead atoms. The molecule has 6 nitrogen and oxygen atoms in total. The zero-order valence-corrected chi connectivity index (χ0v) is 18.2. The van der Waals surface area contributed by atoms with Crippen molar-refractivity contribution in [3.8, 4) is 11.5 Å². The Hall–Kier alpha value is -2.54.